The summed E-state index contributed by atoms with van der Waals surface area (Å²) in [4.78, 5) is 0. The molecular weight excluding hydrogens is 249 g/mol. The Morgan fingerprint density at radius 3 is 2.00 bits per heavy atom. The third-order valence-electron chi connectivity index (χ3n) is 2.04. The number of alkyl halides is 3. The van der Waals surface area contributed by atoms with Gasteiger partial charge in [0, 0.05) is 0 Å². The molecule has 0 aliphatic rings. The van der Waals surface area contributed by atoms with Gasteiger partial charge >= 0.3 is 6.18 Å². The average Bonchev–Trinajstić information content (AvgIpc) is 1.98. The number of halogens is 3. The van der Waals surface area contributed by atoms with Crippen LogP contribution in [0.2, 0.25) is 0 Å². The van der Waals surface area contributed by atoms with E-state index in [0.29, 0.717) is 0 Å². The van der Waals surface area contributed by atoms with E-state index in [1.54, 1.807) is 6.92 Å². The van der Waals surface area contributed by atoms with Gasteiger partial charge in [0.1, 0.15) is 5.75 Å². The SMILES string of the molecule is CCC(C)(C)OC(CS(=O)(=O)O)C(F)(F)F. The molecule has 0 amide bonds. The summed E-state index contributed by atoms with van der Waals surface area (Å²) < 4.78 is 71.2. The molecule has 4 nitrogen and oxygen atoms in total. The second-order valence-electron chi connectivity index (χ2n) is 4.01. The smallest absolute Gasteiger partial charge is 0.362 e. The van der Waals surface area contributed by atoms with Crippen molar-refractivity contribution in [3.8, 4) is 0 Å². The summed E-state index contributed by atoms with van der Waals surface area (Å²) >= 11 is 0. The molecule has 0 aliphatic carbocycles. The highest BCUT2D eigenvalue weighted by Crippen LogP contribution is 2.29. The molecule has 0 fully saturated rings. The van der Waals surface area contributed by atoms with E-state index in [0.717, 1.165) is 0 Å². The van der Waals surface area contributed by atoms with Gasteiger partial charge in [-0.1, -0.05) is 6.92 Å². The van der Waals surface area contributed by atoms with Crippen molar-refractivity contribution in [2.75, 3.05) is 5.75 Å². The lowest BCUT2D eigenvalue weighted by molar-refractivity contribution is -0.241. The Bertz CT molecular complexity index is 321. The Balaban J connectivity index is 4.85. The molecule has 1 unspecified atom stereocenters. The summed E-state index contributed by atoms with van der Waals surface area (Å²) in [5.41, 5.74) is -1.11. The van der Waals surface area contributed by atoms with Crippen molar-refractivity contribution in [3.05, 3.63) is 0 Å². The van der Waals surface area contributed by atoms with Crippen molar-refractivity contribution >= 4 is 10.1 Å². The zero-order chi connectivity index (χ0) is 13.2. The van der Waals surface area contributed by atoms with E-state index in [-0.39, 0.29) is 6.42 Å². The fourth-order valence-corrected chi connectivity index (χ4v) is 1.49. The normalized spacial score (nSPS) is 16.2. The van der Waals surface area contributed by atoms with E-state index in [1.165, 1.54) is 13.8 Å². The zero-order valence-electron chi connectivity index (χ0n) is 9.21. The molecule has 0 aromatic heterocycles. The molecule has 0 bridgehead atoms. The Labute approximate surface area is 92.5 Å². The molecule has 1 N–H and O–H groups in total. The molecule has 16 heavy (non-hydrogen) atoms. The van der Waals surface area contributed by atoms with E-state index in [2.05, 4.69) is 4.74 Å². The molecule has 0 rings (SSSR count). The molecule has 0 aliphatic heterocycles. The van der Waals surface area contributed by atoms with Crippen LogP contribution in [-0.4, -0.2) is 36.6 Å². The molecule has 0 radical (unpaired) electrons. The highest BCUT2D eigenvalue weighted by Gasteiger charge is 2.45. The lowest BCUT2D eigenvalue weighted by Gasteiger charge is -2.30. The fourth-order valence-electron chi connectivity index (χ4n) is 0.855. The fraction of sp³-hybridized carbons (Fsp3) is 1.00. The van der Waals surface area contributed by atoms with Crippen LogP contribution in [0, 0.1) is 0 Å². The zero-order valence-corrected chi connectivity index (χ0v) is 10.0. The number of hydrogen-bond acceptors (Lipinski definition) is 3. The average molecular weight is 264 g/mol. The standard InChI is InChI=1S/C8H15F3O4S/c1-4-7(2,3)15-6(8(9,10)11)5-16(12,13)14/h6H,4-5H2,1-3H3,(H,12,13,14). The Hall–Kier alpha value is -0.340. The predicted molar refractivity (Wildman–Crippen MR) is 51.7 cm³/mol. The van der Waals surface area contributed by atoms with E-state index >= 15 is 0 Å². The van der Waals surface area contributed by atoms with Crippen LogP contribution < -0.4 is 0 Å². The van der Waals surface area contributed by atoms with Crippen molar-refractivity contribution in [1.29, 1.82) is 0 Å². The Morgan fingerprint density at radius 2 is 1.75 bits per heavy atom. The van der Waals surface area contributed by atoms with Gasteiger partial charge in [-0.3, -0.25) is 4.55 Å². The Kier molecular flexibility index (Phi) is 4.78. The van der Waals surface area contributed by atoms with Gasteiger partial charge in [0.15, 0.2) is 6.10 Å². The van der Waals surface area contributed by atoms with E-state index in [9.17, 15) is 21.6 Å². The summed E-state index contributed by atoms with van der Waals surface area (Å²) in [6.07, 6.45) is -7.06. The van der Waals surface area contributed by atoms with Crippen LogP contribution >= 0.6 is 0 Å². The molecule has 1 atom stereocenters. The molecule has 98 valence electrons. The highest BCUT2D eigenvalue weighted by atomic mass is 32.2. The molecular formula is C8H15F3O4S. The summed E-state index contributed by atoms with van der Waals surface area (Å²) in [7, 11) is -4.73. The lowest BCUT2D eigenvalue weighted by Crippen LogP contribution is -2.43. The third-order valence-corrected chi connectivity index (χ3v) is 2.76. The highest BCUT2D eigenvalue weighted by molar-refractivity contribution is 7.85. The minimum atomic E-state index is -4.83. The van der Waals surface area contributed by atoms with Gasteiger partial charge in [-0.15, -0.1) is 0 Å². The quantitative estimate of drug-likeness (QED) is 0.771. The van der Waals surface area contributed by atoms with Crippen LogP contribution in [-0.2, 0) is 14.9 Å². The summed E-state index contributed by atoms with van der Waals surface area (Å²) in [5.74, 6) is -1.49. The molecule has 0 saturated heterocycles. The summed E-state index contributed by atoms with van der Waals surface area (Å²) in [6, 6.07) is 0. The van der Waals surface area contributed by atoms with Crippen LogP contribution in [0.5, 0.6) is 0 Å². The maximum atomic E-state index is 12.4. The van der Waals surface area contributed by atoms with Crippen LogP contribution in [0.1, 0.15) is 27.2 Å². The number of hydrogen-bond donors (Lipinski definition) is 1. The first-order valence-electron chi connectivity index (χ1n) is 4.57. The van der Waals surface area contributed by atoms with Gasteiger partial charge in [0.25, 0.3) is 10.1 Å². The number of ether oxygens (including phenoxy) is 1. The minimum Gasteiger partial charge on any atom is -0.362 e. The largest absolute Gasteiger partial charge is 0.415 e. The van der Waals surface area contributed by atoms with Gasteiger partial charge in [0.05, 0.1) is 5.60 Å². The Morgan fingerprint density at radius 1 is 1.31 bits per heavy atom. The molecule has 0 spiro atoms. The topological polar surface area (TPSA) is 63.6 Å². The van der Waals surface area contributed by atoms with Crippen molar-refractivity contribution < 1.29 is 30.9 Å². The maximum absolute atomic E-state index is 12.4. The predicted octanol–water partition coefficient (Wildman–Crippen LogP) is 2.01. The molecule has 0 aromatic rings. The van der Waals surface area contributed by atoms with Gasteiger partial charge in [-0.25, -0.2) is 0 Å². The monoisotopic (exact) mass is 264 g/mol. The lowest BCUT2D eigenvalue weighted by atomic mass is 10.1. The van der Waals surface area contributed by atoms with Crippen molar-refractivity contribution in [2.45, 2.75) is 45.1 Å². The van der Waals surface area contributed by atoms with Gasteiger partial charge in [-0.2, -0.15) is 21.6 Å². The van der Waals surface area contributed by atoms with E-state index < -0.39 is 33.8 Å². The van der Waals surface area contributed by atoms with Crippen molar-refractivity contribution in [3.63, 3.8) is 0 Å². The minimum absolute atomic E-state index is 0.283. The van der Waals surface area contributed by atoms with E-state index in [4.69, 9.17) is 4.55 Å². The van der Waals surface area contributed by atoms with Crippen molar-refractivity contribution in [2.24, 2.45) is 0 Å². The maximum Gasteiger partial charge on any atom is 0.415 e. The van der Waals surface area contributed by atoms with Gasteiger partial charge in [-0.05, 0) is 20.3 Å². The molecule has 0 heterocycles. The molecule has 8 heteroatoms. The third kappa shape index (κ3) is 6.29. The first-order valence-corrected chi connectivity index (χ1v) is 6.18. The molecule has 0 saturated carbocycles. The molecule has 0 aromatic carbocycles. The van der Waals surface area contributed by atoms with Crippen molar-refractivity contribution in [1.82, 2.24) is 0 Å². The van der Waals surface area contributed by atoms with Gasteiger partial charge < -0.3 is 4.74 Å². The second kappa shape index (κ2) is 4.89. The first kappa shape index (κ1) is 15.7. The van der Waals surface area contributed by atoms with E-state index in [1.807, 2.05) is 0 Å². The van der Waals surface area contributed by atoms with Gasteiger partial charge in [0.2, 0.25) is 0 Å². The van der Waals surface area contributed by atoms with Crippen LogP contribution in [0.3, 0.4) is 0 Å². The second-order valence-corrected chi connectivity index (χ2v) is 5.51. The van der Waals surface area contributed by atoms with Crippen LogP contribution in [0.4, 0.5) is 13.2 Å². The summed E-state index contributed by atoms with van der Waals surface area (Å²) in [5, 5.41) is 0. The number of rotatable bonds is 5. The van der Waals surface area contributed by atoms with Crippen LogP contribution in [0.15, 0.2) is 0 Å². The van der Waals surface area contributed by atoms with Crippen LogP contribution in [0.25, 0.3) is 0 Å². The first-order chi connectivity index (χ1) is 6.87. The summed E-state index contributed by atoms with van der Waals surface area (Å²) in [6.45, 7) is 4.44.